The van der Waals surface area contributed by atoms with E-state index in [4.69, 9.17) is 10.9 Å². The molecule has 56 valence electrons. The van der Waals surface area contributed by atoms with Crippen molar-refractivity contribution in [3.05, 3.63) is 0 Å². The van der Waals surface area contributed by atoms with Crippen LogP contribution in [0.2, 0.25) is 0 Å². The van der Waals surface area contributed by atoms with Crippen molar-refractivity contribution in [1.29, 1.82) is 0 Å². The zero-order valence-corrected chi connectivity index (χ0v) is 5.93. The predicted molar refractivity (Wildman–Crippen MR) is 37.7 cm³/mol. The molecule has 0 radical (unpaired) electrons. The van der Waals surface area contributed by atoms with Crippen LogP contribution in [0.3, 0.4) is 0 Å². The number of nitrogens with one attached hydrogen (secondary N) is 1. The highest BCUT2D eigenvalue weighted by Crippen LogP contribution is 1.97. The summed E-state index contributed by atoms with van der Waals surface area (Å²) < 4.78 is 0. The normalized spacial score (nSPS) is 13.7. The zero-order chi connectivity index (χ0) is 7.11. The van der Waals surface area contributed by atoms with E-state index in [0.717, 1.165) is 19.3 Å². The molecule has 4 N–H and O–H groups in total. The SMILES string of the molecule is CC(CCCCO)NN. The first kappa shape index (κ1) is 8.88. The Hall–Kier alpha value is -0.120. The molecule has 0 heterocycles. The molecule has 0 aliphatic heterocycles. The van der Waals surface area contributed by atoms with Crippen LogP contribution in [0, 0.1) is 0 Å². The molecule has 0 saturated carbocycles. The van der Waals surface area contributed by atoms with Crippen molar-refractivity contribution in [2.75, 3.05) is 6.61 Å². The molecule has 0 aliphatic rings. The van der Waals surface area contributed by atoms with Gasteiger partial charge in [0.1, 0.15) is 0 Å². The molecule has 0 fully saturated rings. The fraction of sp³-hybridized carbons (Fsp3) is 1.00. The van der Waals surface area contributed by atoms with Crippen molar-refractivity contribution in [2.45, 2.75) is 32.2 Å². The largest absolute Gasteiger partial charge is 0.396 e. The van der Waals surface area contributed by atoms with Gasteiger partial charge in [-0.1, -0.05) is 0 Å². The van der Waals surface area contributed by atoms with Crippen LogP contribution < -0.4 is 11.3 Å². The van der Waals surface area contributed by atoms with Gasteiger partial charge in [-0.3, -0.25) is 11.3 Å². The van der Waals surface area contributed by atoms with E-state index in [1.165, 1.54) is 0 Å². The van der Waals surface area contributed by atoms with E-state index >= 15 is 0 Å². The van der Waals surface area contributed by atoms with E-state index < -0.39 is 0 Å². The lowest BCUT2D eigenvalue weighted by molar-refractivity contribution is 0.280. The molecule has 1 unspecified atom stereocenters. The standard InChI is InChI=1S/C6H16N2O/c1-6(8-7)4-2-3-5-9/h6,8-9H,2-5,7H2,1H3. The fourth-order valence-corrected chi connectivity index (χ4v) is 0.646. The summed E-state index contributed by atoms with van der Waals surface area (Å²) in [6, 6.07) is 0.372. The highest BCUT2D eigenvalue weighted by molar-refractivity contribution is 4.54. The van der Waals surface area contributed by atoms with Crippen LogP contribution in [-0.2, 0) is 0 Å². The van der Waals surface area contributed by atoms with Gasteiger partial charge in [-0.2, -0.15) is 0 Å². The second-order valence-corrected chi connectivity index (χ2v) is 2.29. The van der Waals surface area contributed by atoms with E-state index in [1.807, 2.05) is 6.92 Å². The summed E-state index contributed by atoms with van der Waals surface area (Å²) in [6.07, 6.45) is 2.96. The van der Waals surface area contributed by atoms with Crippen molar-refractivity contribution >= 4 is 0 Å². The second-order valence-electron chi connectivity index (χ2n) is 2.29. The molecule has 0 aliphatic carbocycles. The molecule has 0 rings (SSSR count). The lowest BCUT2D eigenvalue weighted by Crippen LogP contribution is -2.32. The molecule has 0 spiro atoms. The van der Waals surface area contributed by atoms with E-state index in [-0.39, 0.29) is 6.61 Å². The van der Waals surface area contributed by atoms with E-state index in [1.54, 1.807) is 0 Å². The third-order valence-corrected chi connectivity index (χ3v) is 1.33. The van der Waals surface area contributed by atoms with Crippen molar-refractivity contribution in [3.63, 3.8) is 0 Å². The topological polar surface area (TPSA) is 58.3 Å². The van der Waals surface area contributed by atoms with Gasteiger partial charge in [0.2, 0.25) is 0 Å². The summed E-state index contributed by atoms with van der Waals surface area (Å²) in [5.74, 6) is 5.14. The minimum atomic E-state index is 0.289. The Morgan fingerprint density at radius 3 is 2.67 bits per heavy atom. The zero-order valence-electron chi connectivity index (χ0n) is 5.93. The molecule has 3 nitrogen and oxygen atoms in total. The fourth-order valence-electron chi connectivity index (χ4n) is 0.646. The van der Waals surface area contributed by atoms with Gasteiger partial charge in [0.25, 0.3) is 0 Å². The van der Waals surface area contributed by atoms with Gasteiger partial charge in [0, 0.05) is 12.6 Å². The van der Waals surface area contributed by atoms with Gasteiger partial charge in [-0.15, -0.1) is 0 Å². The van der Waals surface area contributed by atoms with Crippen molar-refractivity contribution in [3.8, 4) is 0 Å². The Kier molecular flexibility index (Phi) is 5.93. The number of hydrazine groups is 1. The number of aliphatic hydroxyl groups is 1. The van der Waals surface area contributed by atoms with E-state index in [0.29, 0.717) is 6.04 Å². The van der Waals surface area contributed by atoms with Crippen LogP contribution in [0.25, 0.3) is 0 Å². The Morgan fingerprint density at radius 1 is 1.56 bits per heavy atom. The molecular formula is C6H16N2O. The average molecular weight is 132 g/mol. The third kappa shape index (κ3) is 5.76. The molecule has 0 saturated heterocycles. The summed E-state index contributed by atoms with van der Waals surface area (Å²) in [5.41, 5.74) is 2.64. The smallest absolute Gasteiger partial charge is 0.0431 e. The molecule has 0 aromatic heterocycles. The van der Waals surface area contributed by atoms with Gasteiger partial charge >= 0.3 is 0 Å². The Labute approximate surface area is 56.2 Å². The molecule has 0 aromatic rings. The monoisotopic (exact) mass is 132 g/mol. The van der Waals surface area contributed by atoms with Crippen LogP contribution >= 0.6 is 0 Å². The third-order valence-electron chi connectivity index (χ3n) is 1.33. The van der Waals surface area contributed by atoms with Crippen LogP contribution in [-0.4, -0.2) is 17.8 Å². The maximum atomic E-state index is 8.40. The summed E-state index contributed by atoms with van der Waals surface area (Å²) in [7, 11) is 0. The van der Waals surface area contributed by atoms with Crippen molar-refractivity contribution in [2.24, 2.45) is 5.84 Å². The van der Waals surface area contributed by atoms with Gasteiger partial charge in [0.15, 0.2) is 0 Å². The summed E-state index contributed by atoms with van der Waals surface area (Å²) >= 11 is 0. The first-order chi connectivity index (χ1) is 4.31. The number of aliphatic hydroxyl groups excluding tert-OH is 1. The number of nitrogens with two attached hydrogens (primary N) is 1. The average Bonchev–Trinajstić information content (AvgIpc) is 1.89. The summed E-state index contributed by atoms with van der Waals surface area (Å²) in [6.45, 7) is 2.31. The second kappa shape index (κ2) is 6.01. The molecule has 1 atom stereocenters. The number of hydrogen-bond donors (Lipinski definition) is 3. The molecule has 3 heteroatoms. The van der Waals surface area contributed by atoms with Crippen molar-refractivity contribution < 1.29 is 5.11 Å². The summed E-state index contributed by atoms with van der Waals surface area (Å²) in [4.78, 5) is 0. The van der Waals surface area contributed by atoms with Gasteiger partial charge in [0.05, 0.1) is 0 Å². The first-order valence-electron chi connectivity index (χ1n) is 3.38. The van der Waals surface area contributed by atoms with Gasteiger partial charge < -0.3 is 5.11 Å². The molecule has 0 amide bonds. The summed E-state index contributed by atoms with van der Waals surface area (Å²) in [5, 5.41) is 8.40. The maximum absolute atomic E-state index is 8.40. The highest BCUT2D eigenvalue weighted by atomic mass is 16.2. The van der Waals surface area contributed by atoms with Gasteiger partial charge in [-0.05, 0) is 26.2 Å². The minimum absolute atomic E-state index is 0.289. The van der Waals surface area contributed by atoms with Crippen molar-refractivity contribution in [1.82, 2.24) is 5.43 Å². The Bertz CT molecular complexity index is 59.0. The number of unbranched alkanes of at least 4 members (excludes halogenated alkanes) is 1. The number of hydrogen-bond acceptors (Lipinski definition) is 3. The van der Waals surface area contributed by atoms with Crippen LogP contribution in [0.4, 0.5) is 0 Å². The Morgan fingerprint density at radius 2 is 2.22 bits per heavy atom. The molecule has 0 aromatic carbocycles. The molecular weight excluding hydrogens is 116 g/mol. The first-order valence-corrected chi connectivity index (χ1v) is 3.38. The molecule has 9 heavy (non-hydrogen) atoms. The Balaban J connectivity index is 2.88. The quantitative estimate of drug-likeness (QED) is 0.280. The minimum Gasteiger partial charge on any atom is -0.396 e. The van der Waals surface area contributed by atoms with Crippen LogP contribution in [0.15, 0.2) is 0 Å². The van der Waals surface area contributed by atoms with Crippen LogP contribution in [0.1, 0.15) is 26.2 Å². The molecule has 0 bridgehead atoms. The van der Waals surface area contributed by atoms with Gasteiger partial charge in [-0.25, -0.2) is 0 Å². The lowest BCUT2D eigenvalue weighted by atomic mass is 10.1. The number of rotatable bonds is 5. The highest BCUT2D eigenvalue weighted by Gasteiger charge is 1.95. The predicted octanol–water partition coefficient (Wildman–Crippen LogP) is 0.000800. The van der Waals surface area contributed by atoms with E-state index in [2.05, 4.69) is 5.43 Å². The van der Waals surface area contributed by atoms with E-state index in [9.17, 15) is 0 Å². The maximum Gasteiger partial charge on any atom is 0.0431 e. The van der Waals surface area contributed by atoms with Crippen LogP contribution in [0.5, 0.6) is 0 Å². The lowest BCUT2D eigenvalue weighted by Gasteiger charge is -2.07.